The number of nitrogens with zero attached hydrogens (tertiary/aromatic N) is 1. The standard InChI is InChI=1S/C13H10ClNO3S/c14-8-2-1-3-9-11(8)7-4-5-19-13(18)12(7)15(9)6-10(16)17/h1-3H,4-6H2,(H,16,17). The Balaban J connectivity index is 2.39. The Morgan fingerprint density at radius 3 is 3.00 bits per heavy atom. The fraction of sp³-hybridized carbons (Fsp3) is 0.231. The zero-order valence-corrected chi connectivity index (χ0v) is 11.4. The Bertz CT molecular complexity index is 707. The molecule has 0 unspecified atom stereocenters. The highest BCUT2D eigenvalue weighted by Gasteiger charge is 2.28. The van der Waals surface area contributed by atoms with Crippen molar-refractivity contribution in [2.75, 3.05) is 5.75 Å². The minimum absolute atomic E-state index is 0.0743. The molecule has 19 heavy (non-hydrogen) atoms. The Morgan fingerprint density at radius 1 is 1.47 bits per heavy atom. The van der Waals surface area contributed by atoms with E-state index < -0.39 is 5.97 Å². The highest BCUT2D eigenvalue weighted by atomic mass is 35.5. The fourth-order valence-corrected chi connectivity index (χ4v) is 3.67. The second-order valence-corrected chi connectivity index (χ2v) is 5.80. The predicted octanol–water partition coefficient (Wildman–Crippen LogP) is 2.81. The molecule has 1 aromatic carbocycles. The summed E-state index contributed by atoms with van der Waals surface area (Å²) in [6, 6.07) is 5.34. The Hall–Kier alpha value is -1.46. The van der Waals surface area contributed by atoms with Gasteiger partial charge in [-0.1, -0.05) is 29.4 Å². The van der Waals surface area contributed by atoms with Gasteiger partial charge in [0.25, 0.3) is 0 Å². The van der Waals surface area contributed by atoms with E-state index in [0.29, 0.717) is 16.5 Å². The van der Waals surface area contributed by atoms with Crippen molar-refractivity contribution in [3.8, 4) is 0 Å². The molecule has 2 aromatic rings. The number of carboxylic acid groups (broad SMARTS) is 1. The van der Waals surface area contributed by atoms with Crippen molar-refractivity contribution < 1.29 is 14.7 Å². The smallest absolute Gasteiger partial charge is 0.323 e. The lowest BCUT2D eigenvalue weighted by Crippen LogP contribution is -2.17. The summed E-state index contributed by atoms with van der Waals surface area (Å²) in [4.78, 5) is 23.1. The molecule has 0 saturated carbocycles. The van der Waals surface area contributed by atoms with Crippen LogP contribution in [0, 0.1) is 0 Å². The van der Waals surface area contributed by atoms with E-state index in [-0.39, 0.29) is 11.7 Å². The van der Waals surface area contributed by atoms with Crippen LogP contribution in [-0.4, -0.2) is 26.5 Å². The van der Waals surface area contributed by atoms with E-state index >= 15 is 0 Å². The van der Waals surface area contributed by atoms with Gasteiger partial charge in [-0.3, -0.25) is 9.59 Å². The molecule has 0 bridgehead atoms. The Labute approximate surface area is 118 Å². The summed E-state index contributed by atoms with van der Waals surface area (Å²) in [6.45, 7) is -0.224. The molecule has 1 aliphatic rings. The number of fused-ring (bicyclic) bond motifs is 3. The van der Waals surface area contributed by atoms with Gasteiger partial charge in [0.05, 0.1) is 10.5 Å². The lowest BCUT2D eigenvalue weighted by molar-refractivity contribution is -0.137. The van der Waals surface area contributed by atoms with Gasteiger partial charge >= 0.3 is 5.97 Å². The molecule has 1 aliphatic heterocycles. The van der Waals surface area contributed by atoms with Gasteiger partial charge in [0, 0.05) is 11.1 Å². The van der Waals surface area contributed by atoms with E-state index in [1.807, 2.05) is 0 Å². The second kappa shape index (κ2) is 4.58. The second-order valence-electron chi connectivity index (χ2n) is 4.33. The molecule has 1 N–H and O–H groups in total. The van der Waals surface area contributed by atoms with Gasteiger partial charge in [0.1, 0.15) is 12.2 Å². The summed E-state index contributed by atoms with van der Waals surface area (Å²) < 4.78 is 1.56. The molecule has 0 saturated heterocycles. The molecule has 0 amide bonds. The number of thioether (sulfide) groups is 1. The van der Waals surface area contributed by atoms with Crippen LogP contribution in [0.2, 0.25) is 5.02 Å². The molecule has 0 spiro atoms. The van der Waals surface area contributed by atoms with Crippen LogP contribution in [0.4, 0.5) is 0 Å². The average Bonchev–Trinajstić information content (AvgIpc) is 2.66. The van der Waals surface area contributed by atoms with Crippen molar-refractivity contribution in [3.63, 3.8) is 0 Å². The fourth-order valence-electron chi connectivity index (χ4n) is 2.53. The van der Waals surface area contributed by atoms with E-state index in [1.165, 1.54) is 11.8 Å². The highest BCUT2D eigenvalue weighted by Crippen LogP contribution is 2.37. The van der Waals surface area contributed by atoms with Crippen LogP contribution in [0.1, 0.15) is 16.1 Å². The number of halogens is 1. The molecule has 6 heteroatoms. The zero-order valence-electron chi connectivity index (χ0n) is 9.85. The number of aliphatic carboxylic acids is 1. The van der Waals surface area contributed by atoms with Crippen LogP contribution in [-0.2, 0) is 17.8 Å². The number of rotatable bonds is 2. The van der Waals surface area contributed by atoms with Crippen molar-refractivity contribution in [1.82, 2.24) is 4.57 Å². The van der Waals surface area contributed by atoms with E-state index in [4.69, 9.17) is 16.7 Å². The molecule has 1 aromatic heterocycles. The molecular weight excluding hydrogens is 286 g/mol. The summed E-state index contributed by atoms with van der Waals surface area (Å²) in [5.41, 5.74) is 2.09. The average molecular weight is 296 g/mol. The minimum atomic E-state index is -0.969. The molecule has 0 aliphatic carbocycles. The van der Waals surface area contributed by atoms with E-state index in [9.17, 15) is 9.59 Å². The van der Waals surface area contributed by atoms with Gasteiger partial charge in [-0.2, -0.15) is 0 Å². The topological polar surface area (TPSA) is 59.3 Å². The predicted molar refractivity (Wildman–Crippen MR) is 75.1 cm³/mol. The van der Waals surface area contributed by atoms with Gasteiger partial charge in [0.15, 0.2) is 0 Å². The number of carbonyl (C=O) groups excluding carboxylic acids is 1. The number of hydrogen-bond donors (Lipinski definition) is 1. The van der Waals surface area contributed by atoms with Gasteiger partial charge in [0.2, 0.25) is 5.12 Å². The van der Waals surface area contributed by atoms with Crippen molar-refractivity contribution in [2.45, 2.75) is 13.0 Å². The molecular formula is C13H10ClNO3S. The minimum Gasteiger partial charge on any atom is -0.480 e. The number of carbonyl (C=O) groups is 2. The molecule has 2 heterocycles. The highest BCUT2D eigenvalue weighted by molar-refractivity contribution is 8.14. The molecule has 3 rings (SSSR count). The number of hydrogen-bond acceptors (Lipinski definition) is 3. The summed E-state index contributed by atoms with van der Waals surface area (Å²) in [7, 11) is 0. The first-order valence-corrected chi connectivity index (χ1v) is 7.14. The third kappa shape index (κ3) is 1.93. The van der Waals surface area contributed by atoms with Crippen LogP contribution in [0.25, 0.3) is 10.9 Å². The van der Waals surface area contributed by atoms with Gasteiger partial charge in [-0.05, 0) is 24.1 Å². The molecule has 98 valence electrons. The summed E-state index contributed by atoms with van der Waals surface area (Å²) in [5, 5.41) is 10.3. The number of aromatic nitrogens is 1. The van der Waals surface area contributed by atoms with Crippen molar-refractivity contribution in [1.29, 1.82) is 0 Å². The Kier molecular flexibility index (Phi) is 3.03. The van der Waals surface area contributed by atoms with Gasteiger partial charge in [-0.15, -0.1) is 0 Å². The molecule has 0 atom stereocenters. The number of benzene rings is 1. The first-order valence-electron chi connectivity index (χ1n) is 5.78. The summed E-state index contributed by atoms with van der Waals surface area (Å²) in [6.07, 6.45) is 0.735. The maximum atomic E-state index is 12.1. The maximum absolute atomic E-state index is 12.1. The van der Waals surface area contributed by atoms with Crippen molar-refractivity contribution in [2.24, 2.45) is 0 Å². The van der Waals surface area contributed by atoms with Gasteiger partial charge < -0.3 is 9.67 Å². The monoisotopic (exact) mass is 295 g/mol. The maximum Gasteiger partial charge on any atom is 0.323 e. The first-order chi connectivity index (χ1) is 9.09. The van der Waals surface area contributed by atoms with Crippen LogP contribution >= 0.6 is 23.4 Å². The van der Waals surface area contributed by atoms with E-state index in [1.54, 1.807) is 22.8 Å². The van der Waals surface area contributed by atoms with Crippen molar-refractivity contribution in [3.05, 3.63) is 34.5 Å². The lowest BCUT2D eigenvalue weighted by atomic mass is 10.1. The third-order valence-electron chi connectivity index (χ3n) is 3.21. The van der Waals surface area contributed by atoms with Crippen molar-refractivity contribution >= 4 is 45.4 Å². The van der Waals surface area contributed by atoms with Gasteiger partial charge in [-0.25, -0.2) is 0 Å². The van der Waals surface area contributed by atoms with Crippen LogP contribution in [0.15, 0.2) is 18.2 Å². The zero-order chi connectivity index (χ0) is 13.6. The first kappa shape index (κ1) is 12.6. The lowest BCUT2D eigenvalue weighted by Gasteiger charge is -2.12. The van der Waals surface area contributed by atoms with Crippen LogP contribution in [0.3, 0.4) is 0 Å². The molecule has 4 nitrogen and oxygen atoms in total. The summed E-state index contributed by atoms with van der Waals surface area (Å²) >= 11 is 7.44. The largest absolute Gasteiger partial charge is 0.480 e. The van der Waals surface area contributed by atoms with E-state index in [0.717, 1.165) is 22.9 Å². The normalized spacial score (nSPS) is 14.7. The molecule has 0 fully saturated rings. The van der Waals surface area contributed by atoms with Crippen LogP contribution in [0.5, 0.6) is 0 Å². The summed E-state index contributed by atoms with van der Waals surface area (Å²) in [5.74, 6) is -0.258. The third-order valence-corrected chi connectivity index (χ3v) is 4.39. The quantitative estimate of drug-likeness (QED) is 0.925. The SMILES string of the molecule is O=C(O)Cn1c2c(c3c(Cl)cccc31)CCSC2=O. The molecule has 0 radical (unpaired) electrons. The number of aryl methyl sites for hydroxylation is 1. The van der Waals surface area contributed by atoms with E-state index in [2.05, 4.69) is 0 Å². The number of carboxylic acids is 1. The Morgan fingerprint density at radius 2 is 2.26 bits per heavy atom. The van der Waals surface area contributed by atoms with Crippen LogP contribution < -0.4 is 0 Å².